The van der Waals surface area contributed by atoms with Crippen LogP contribution in [0.15, 0.2) is 23.3 Å². The Bertz CT molecular complexity index is 2110. The van der Waals surface area contributed by atoms with Gasteiger partial charge in [-0.2, -0.15) is 0 Å². The summed E-state index contributed by atoms with van der Waals surface area (Å²) >= 11 is 0. The number of carbonyl (C=O) groups is 1. The van der Waals surface area contributed by atoms with Gasteiger partial charge in [0.15, 0.2) is 18.9 Å². The molecule has 23 heteroatoms. The molecule has 0 bridgehead atoms. The van der Waals surface area contributed by atoms with E-state index >= 15 is 0 Å². The van der Waals surface area contributed by atoms with Crippen molar-refractivity contribution < 1.29 is 114 Å². The van der Waals surface area contributed by atoms with Crippen LogP contribution in [0.1, 0.15) is 92.9 Å². The highest BCUT2D eigenvalue weighted by Crippen LogP contribution is 2.75. The largest absolute Gasteiger partial charge is 0.432 e. The second-order valence-corrected chi connectivity index (χ2v) is 24.4. The maximum atomic E-state index is 14.9. The van der Waals surface area contributed by atoms with Crippen LogP contribution < -0.4 is 0 Å². The van der Waals surface area contributed by atoms with Crippen LogP contribution in [0.4, 0.5) is 0 Å². The van der Waals surface area contributed by atoms with Crippen molar-refractivity contribution in [2.75, 3.05) is 26.4 Å². The van der Waals surface area contributed by atoms with Crippen molar-refractivity contribution in [3.63, 3.8) is 0 Å². The number of aliphatic hydroxyl groups is 14. The maximum absolute atomic E-state index is 14.9. The summed E-state index contributed by atoms with van der Waals surface area (Å²) in [4.78, 5) is 14.9. The Balaban J connectivity index is 0.866. The first kappa shape index (κ1) is 57.8. The van der Waals surface area contributed by atoms with E-state index in [0.29, 0.717) is 38.5 Å². The number of hydrogen-bond acceptors (Lipinski definition) is 23. The highest BCUT2D eigenvalue weighted by atomic mass is 16.8. The van der Waals surface area contributed by atoms with E-state index in [2.05, 4.69) is 26.8 Å². The molecule has 9 aliphatic rings. The Morgan fingerprint density at radius 3 is 2.04 bits per heavy atom. The van der Waals surface area contributed by atoms with Gasteiger partial charge in [0.2, 0.25) is 6.29 Å². The topological polar surface area (TPSA) is 374 Å². The number of fused-ring (bicyclic) bond motifs is 7. The average Bonchev–Trinajstić information content (AvgIpc) is 3.37. The van der Waals surface area contributed by atoms with E-state index in [0.717, 1.165) is 24.0 Å². The molecule has 3 saturated carbocycles. The zero-order chi connectivity index (χ0) is 54.6. The molecule has 23 nitrogen and oxygen atoms in total. The second kappa shape index (κ2) is 21.2. The molecule has 29 atom stereocenters. The van der Waals surface area contributed by atoms with Crippen molar-refractivity contribution in [2.45, 2.75) is 222 Å². The van der Waals surface area contributed by atoms with Gasteiger partial charge in [-0.05, 0) is 93.3 Å². The van der Waals surface area contributed by atoms with E-state index in [-0.39, 0.29) is 35.2 Å². The summed E-state index contributed by atoms with van der Waals surface area (Å²) < 4.78 is 46.0. The van der Waals surface area contributed by atoms with Crippen molar-refractivity contribution in [3.8, 4) is 0 Å². The molecule has 428 valence electrons. The minimum absolute atomic E-state index is 0.0317. The van der Waals surface area contributed by atoms with E-state index in [1.807, 2.05) is 19.9 Å². The molecule has 0 aromatic heterocycles. The molecule has 5 aliphatic carbocycles. The van der Waals surface area contributed by atoms with Crippen LogP contribution in [0.5, 0.6) is 0 Å². The fourth-order valence-electron chi connectivity index (χ4n) is 15.6. The molecule has 0 aromatic carbocycles. The normalized spacial score (nSPS) is 55.0. The second-order valence-electron chi connectivity index (χ2n) is 24.4. The highest BCUT2D eigenvalue weighted by molar-refractivity contribution is 5.79. The standard InChI is InChI=1S/C52H82O23/c1-21-9-12-52(14-13-50(5)23(24(52)15-21)7-8-30-48(3)16-25(55)42(66)49(4,20-54)29(48)10-11-51(30,50)6)47(67)75-45-37(63)34(60)33(59)28(72-45)19-69-43-38(64)35(61)40(27(17-53)71-43)73-46-39(65)41(31(57)22(2)70-46)74-44-36(62)32(58)26(56)18-68-44/h7,9,22,24-46,53-66H,8,10-20H2,1-6H3. The third-order valence-electron chi connectivity index (χ3n) is 20.4. The third kappa shape index (κ3) is 9.31. The smallest absolute Gasteiger partial charge is 0.315 e. The first-order valence-electron chi connectivity index (χ1n) is 26.7. The molecule has 0 aromatic rings. The monoisotopic (exact) mass is 1070 g/mol. The van der Waals surface area contributed by atoms with E-state index in [9.17, 15) is 76.3 Å². The number of rotatable bonds is 11. The summed E-state index contributed by atoms with van der Waals surface area (Å²) in [5.41, 5.74) is -0.771. The Hall–Kier alpha value is -1.89. The van der Waals surface area contributed by atoms with Gasteiger partial charge >= 0.3 is 5.97 Å². The summed E-state index contributed by atoms with van der Waals surface area (Å²) in [7, 11) is 0. The predicted molar refractivity (Wildman–Crippen MR) is 254 cm³/mol. The van der Waals surface area contributed by atoms with E-state index < -0.39 is 171 Å². The van der Waals surface area contributed by atoms with Crippen molar-refractivity contribution in [1.82, 2.24) is 0 Å². The third-order valence-corrected chi connectivity index (χ3v) is 20.4. The Morgan fingerprint density at radius 1 is 0.680 bits per heavy atom. The molecule has 75 heavy (non-hydrogen) atoms. The van der Waals surface area contributed by atoms with Crippen LogP contribution in [-0.2, 0) is 42.7 Å². The Labute approximate surface area is 435 Å². The van der Waals surface area contributed by atoms with Gasteiger partial charge in [0, 0.05) is 11.3 Å². The van der Waals surface area contributed by atoms with Gasteiger partial charge in [-0.15, -0.1) is 0 Å². The molecule has 0 amide bonds. The van der Waals surface area contributed by atoms with Gasteiger partial charge in [-0.25, -0.2) is 0 Å². The number of aliphatic hydroxyl groups excluding tert-OH is 14. The predicted octanol–water partition coefficient (Wildman–Crippen LogP) is -2.90. The molecule has 0 spiro atoms. The van der Waals surface area contributed by atoms with Crippen LogP contribution in [-0.4, -0.2) is 233 Å². The molecule has 29 unspecified atom stereocenters. The molecule has 4 saturated heterocycles. The lowest BCUT2D eigenvalue weighted by Crippen LogP contribution is -2.68. The van der Waals surface area contributed by atoms with Crippen molar-refractivity contribution in [2.24, 2.45) is 44.8 Å². The fraction of sp³-hybridized carbons (Fsp3) is 0.904. The summed E-state index contributed by atoms with van der Waals surface area (Å²) in [6, 6.07) is 0. The zero-order valence-corrected chi connectivity index (χ0v) is 43.4. The van der Waals surface area contributed by atoms with Crippen LogP contribution >= 0.6 is 0 Å². The lowest BCUT2D eigenvalue weighted by atomic mass is 9.33. The summed E-state index contributed by atoms with van der Waals surface area (Å²) in [6.07, 6.45) is -25.1. The molecule has 9 rings (SSSR count). The minimum atomic E-state index is -1.94. The molecule has 14 N–H and O–H groups in total. The lowest BCUT2D eigenvalue weighted by molar-refractivity contribution is -0.375. The van der Waals surface area contributed by atoms with Gasteiger partial charge < -0.3 is 109 Å². The van der Waals surface area contributed by atoms with Gasteiger partial charge in [-0.1, -0.05) is 51.0 Å². The van der Waals surface area contributed by atoms with E-state index in [1.54, 1.807) is 0 Å². The highest BCUT2D eigenvalue weighted by Gasteiger charge is 2.70. The summed E-state index contributed by atoms with van der Waals surface area (Å²) in [6.45, 7) is 9.92. The molecular weight excluding hydrogens is 993 g/mol. The molecule has 4 heterocycles. The van der Waals surface area contributed by atoms with Gasteiger partial charge in [0.25, 0.3) is 0 Å². The molecule has 7 fully saturated rings. The molecule has 4 aliphatic heterocycles. The molecular formula is C52H82O23. The van der Waals surface area contributed by atoms with E-state index in [1.165, 1.54) is 6.92 Å². The van der Waals surface area contributed by atoms with Crippen molar-refractivity contribution >= 4 is 5.97 Å². The number of esters is 1. The minimum Gasteiger partial charge on any atom is -0.432 e. The number of ether oxygens (including phenoxy) is 8. The number of carbonyl (C=O) groups excluding carboxylic acids is 1. The fourth-order valence-corrected chi connectivity index (χ4v) is 15.6. The van der Waals surface area contributed by atoms with Crippen LogP contribution in [0, 0.1) is 44.8 Å². The first-order chi connectivity index (χ1) is 35.2. The van der Waals surface area contributed by atoms with Crippen molar-refractivity contribution in [1.29, 1.82) is 0 Å². The van der Waals surface area contributed by atoms with Crippen molar-refractivity contribution in [3.05, 3.63) is 23.3 Å². The van der Waals surface area contributed by atoms with Gasteiger partial charge in [0.05, 0.1) is 50.2 Å². The summed E-state index contributed by atoms with van der Waals surface area (Å²) in [5.74, 6) is -0.887. The van der Waals surface area contributed by atoms with Gasteiger partial charge in [-0.3, -0.25) is 4.79 Å². The Morgan fingerprint density at radius 2 is 1.35 bits per heavy atom. The average molecular weight is 1080 g/mol. The number of allylic oxidation sites excluding steroid dienone is 4. The summed E-state index contributed by atoms with van der Waals surface area (Å²) in [5, 5.41) is 152. The quantitative estimate of drug-likeness (QED) is 0.0729. The molecule has 0 radical (unpaired) electrons. The maximum Gasteiger partial charge on any atom is 0.315 e. The number of hydrogen-bond donors (Lipinski definition) is 14. The Kier molecular flexibility index (Phi) is 16.3. The van der Waals surface area contributed by atoms with Crippen LogP contribution in [0.2, 0.25) is 0 Å². The first-order valence-corrected chi connectivity index (χ1v) is 26.7. The SMILES string of the molecule is CC1=CCC2(C(=O)OC3OC(COC4OC(CO)C(OC5OC(C)C(O)C(OC6OCC(O)C(O)C6O)C5O)C(O)C4O)C(O)C(O)C3O)CCC3(C)C(=CCC4C5(C)CC(O)C(O)C(C)(CO)C5CCC43C)C2C1. The zero-order valence-electron chi connectivity index (χ0n) is 43.4. The van der Waals surface area contributed by atoms with Gasteiger partial charge in [0.1, 0.15) is 85.5 Å². The van der Waals surface area contributed by atoms with E-state index in [4.69, 9.17) is 37.9 Å². The van der Waals surface area contributed by atoms with Crippen LogP contribution in [0.25, 0.3) is 0 Å². The lowest BCUT2D eigenvalue weighted by Gasteiger charge is -2.71. The van der Waals surface area contributed by atoms with Crippen LogP contribution in [0.3, 0.4) is 0 Å².